The zero-order chi connectivity index (χ0) is 13.7. The quantitative estimate of drug-likeness (QED) is 0.379. The molecule has 0 heterocycles. The Balaban J connectivity index is 4.54. The van der Waals surface area contributed by atoms with Crippen molar-refractivity contribution in [3.05, 3.63) is 12.2 Å². The Morgan fingerprint density at radius 3 is 2.47 bits per heavy atom. The molecule has 0 aromatic rings. The summed E-state index contributed by atoms with van der Waals surface area (Å²) < 4.78 is 26.4. The van der Waals surface area contributed by atoms with Crippen LogP contribution in [0, 0.1) is 0 Å². The summed E-state index contributed by atoms with van der Waals surface area (Å²) in [6.45, 7) is 3.62. The maximum atomic E-state index is 11.2. The molecule has 8 heteroatoms. The van der Waals surface area contributed by atoms with Crippen molar-refractivity contribution >= 4 is 16.1 Å². The molecule has 0 aliphatic rings. The lowest BCUT2D eigenvalue weighted by atomic mass is 10.1. The molecule has 0 aromatic heterocycles. The van der Waals surface area contributed by atoms with Crippen LogP contribution in [0.4, 0.5) is 0 Å². The molecule has 0 aliphatic heterocycles. The van der Waals surface area contributed by atoms with Crippen LogP contribution in [-0.4, -0.2) is 42.1 Å². The molecule has 0 saturated carbocycles. The first-order valence-corrected chi connectivity index (χ1v) is 6.31. The normalized spacial score (nSPS) is 17.7. The van der Waals surface area contributed by atoms with Gasteiger partial charge >= 0.3 is 16.1 Å². The largest absolute Gasteiger partial charge is 0.389 e. The summed E-state index contributed by atoms with van der Waals surface area (Å²) in [4.78, 5) is 14.2. The van der Waals surface area contributed by atoms with Gasteiger partial charge in [-0.05, 0) is 13.8 Å². The minimum absolute atomic E-state index is 0.809. The van der Waals surface area contributed by atoms with Gasteiger partial charge in [0.25, 0.3) is 0 Å². The first kappa shape index (κ1) is 16.0. The van der Waals surface area contributed by atoms with Crippen molar-refractivity contribution in [2.75, 3.05) is 5.75 Å². The van der Waals surface area contributed by atoms with Gasteiger partial charge in [-0.1, -0.05) is 16.5 Å². The molecule has 0 amide bonds. The molecule has 0 aliphatic carbocycles. The predicted molar refractivity (Wildman–Crippen MR) is 58.1 cm³/mol. The van der Waals surface area contributed by atoms with Crippen LogP contribution in [0.3, 0.4) is 0 Å². The van der Waals surface area contributed by atoms with Crippen LogP contribution < -0.4 is 0 Å². The summed E-state index contributed by atoms with van der Waals surface area (Å²) in [5.41, 5.74) is -1.74. The molecule has 0 radical (unpaired) electrons. The molecule has 0 fully saturated rings. The monoisotopic (exact) mass is 268 g/mol. The number of hydrogen-bond donors (Lipinski definition) is 2. The van der Waals surface area contributed by atoms with Gasteiger partial charge in [0.15, 0.2) is 0 Å². The highest BCUT2D eigenvalue weighted by atomic mass is 32.2. The number of carbonyl (C=O) groups excluding carboxylic acids is 1. The second-order valence-electron chi connectivity index (χ2n) is 3.80. The Morgan fingerprint density at radius 1 is 1.53 bits per heavy atom. The van der Waals surface area contributed by atoms with Crippen molar-refractivity contribution in [3.8, 4) is 0 Å². The molecule has 2 N–H and O–H groups in total. The fraction of sp³-hybridized carbons (Fsp3) is 0.667. The average Bonchev–Trinajstić information content (AvgIpc) is 2.10. The second-order valence-corrected chi connectivity index (χ2v) is 5.34. The van der Waals surface area contributed by atoms with E-state index in [2.05, 4.69) is 9.22 Å². The van der Waals surface area contributed by atoms with E-state index in [1.807, 2.05) is 0 Å². The molecule has 7 nitrogen and oxygen atoms in total. The molecule has 2 unspecified atom stereocenters. The molecule has 0 saturated heterocycles. The van der Waals surface area contributed by atoms with Crippen LogP contribution in [0.15, 0.2) is 12.2 Å². The van der Waals surface area contributed by atoms with E-state index in [9.17, 15) is 18.3 Å². The topological polar surface area (TPSA) is 110 Å². The van der Waals surface area contributed by atoms with Crippen LogP contribution in [-0.2, 0) is 24.1 Å². The van der Waals surface area contributed by atoms with Crippen molar-refractivity contribution in [1.82, 2.24) is 0 Å². The predicted octanol–water partition coefficient (Wildman–Crippen LogP) is -0.501. The van der Waals surface area contributed by atoms with Gasteiger partial charge in [-0.2, -0.15) is 8.42 Å². The van der Waals surface area contributed by atoms with E-state index in [0.717, 1.165) is 13.0 Å². The SMILES string of the molecule is CC(=O)OOS(=O)(=O)CC(C)(O)/C=C/C(C)O. The van der Waals surface area contributed by atoms with E-state index in [-0.39, 0.29) is 0 Å². The molecule has 0 aromatic carbocycles. The summed E-state index contributed by atoms with van der Waals surface area (Å²) >= 11 is 0. The van der Waals surface area contributed by atoms with E-state index in [1.165, 1.54) is 19.9 Å². The van der Waals surface area contributed by atoms with E-state index < -0.39 is 33.5 Å². The van der Waals surface area contributed by atoms with Gasteiger partial charge in [0.2, 0.25) is 0 Å². The van der Waals surface area contributed by atoms with E-state index in [1.54, 1.807) is 0 Å². The maximum Gasteiger partial charge on any atom is 0.340 e. The third kappa shape index (κ3) is 8.81. The smallest absolute Gasteiger partial charge is 0.340 e. The van der Waals surface area contributed by atoms with Crippen molar-refractivity contribution in [2.24, 2.45) is 0 Å². The molecule has 0 bridgehead atoms. The molecular weight excluding hydrogens is 252 g/mol. The zero-order valence-corrected chi connectivity index (χ0v) is 10.6. The van der Waals surface area contributed by atoms with Gasteiger partial charge in [0.1, 0.15) is 5.75 Å². The summed E-state index contributed by atoms with van der Waals surface area (Å²) in [5, 5.41) is 18.6. The van der Waals surface area contributed by atoms with E-state index >= 15 is 0 Å². The van der Waals surface area contributed by atoms with E-state index in [4.69, 9.17) is 5.11 Å². The van der Waals surface area contributed by atoms with Crippen LogP contribution in [0.5, 0.6) is 0 Å². The Kier molecular flexibility index (Phi) is 5.76. The second kappa shape index (κ2) is 6.10. The third-order valence-corrected chi connectivity index (χ3v) is 2.67. The highest BCUT2D eigenvalue weighted by molar-refractivity contribution is 7.86. The van der Waals surface area contributed by atoms with Crippen LogP contribution >= 0.6 is 0 Å². The summed E-state index contributed by atoms with van der Waals surface area (Å²) in [5.74, 6) is -1.73. The number of aliphatic hydroxyl groups excluding tert-OH is 1. The molecule has 100 valence electrons. The van der Waals surface area contributed by atoms with Crippen molar-refractivity contribution < 1.29 is 32.6 Å². The molecule has 0 spiro atoms. The lowest BCUT2D eigenvalue weighted by molar-refractivity contribution is -0.208. The third-order valence-electron chi connectivity index (χ3n) is 1.46. The van der Waals surface area contributed by atoms with Gasteiger partial charge in [-0.25, -0.2) is 4.79 Å². The van der Waals surface area contributed by atoms with E-state index in [0.29, 0.717) is 0 Å². The summed E-state index contributed by atoms with van der Waals surface area (Å²) in [6, 6.07) is 0. The fourth-order valence-electron chi connectivity index (χ4n) is 0.876. The molecule has 0 rings (SSSR count). The first-order valence-electron chi connectivity index (χ1n) is 4.73. The highest BCUT2D eigenvalue weighted by Crippen LogP contribution is 2.11. The fourth-order valence-corrected chi connectivity index (χ4v) is 1.94. The number of hydrogen-bond acceptors (Lipinski definition) is 7. The first-order chi connectivity index (χ1) is 7.54. The van der Waals surface area contributed by atoms with Gasteiger partial charge in [-0.3, -0.25) is 4.89 Å². The average molecular weight is 268 g/mol. The number of rotatable bonds is 6. The molecular formula is C9H16O7S. The summed E-state index contributed by atoms with van der Waals surface area (Å²) in [7, 11) is -4.21. The van der Waals surface area contributed by atoms with Crippen LogP contribution in [0.1, 0.15) is 20.8 Å². The van der Waals surface area contributed by atoms with Crippen molar-refractivity contribution in [3.63, 3.8) is 0 Å². The minimum Gasteiger partial charge on any atom is -0.389 e. The van der Waals surface area contributed by atoms with Crippen molar-refractivity contribution in [1.29, 1.82) is 0 Å². The highest BCUT2D eigenvalue weighted by Gasteiger charge is 2.28. The maximum absolute atomic E-state index is 11.2. The zero-order valence-electron chi connectivity index (χ0n) is 9.78. The van der Waals surface area contributed by atoms with Crippen LogP contribution in [0.25, 0.3) is 0 Å². The van der Waals surface area contributed by atoms with Gasteiger partial charge < -0.3 is 10.2 Å². The number of aliphatic hydroxyl groups is 2. The minimum atomic E-state index is -4.21. The molecule has 17 heavy (non-hydrogen) atoms. The van der Waals surface area contributed by atoms with Crippen LogP contribution in [0.2, 0.25) is 0 Å². The lowest BCUT2D eigenvalue weighted by Crippen LogP contribution is -2.33. The van der Waals surface area contributed by atoms with Crippen molar-refractivity contribution in [2.45, 2.75) is 32.5 Å². The standard InChI is InChI=1S/C9H16O7S/c1-7(10)4-5-9(3,12)6-17(13,14)16-15-8(2)11/h4-5,7,10,12H,6H2,1-3H3/b5-4+. The lowest BCUT2D eigenvalue weighted by Gasteiger charge is -2.17. The Bertz CT molecular complexity index is 380. The Labute approximate surface area is 99.7 Å². The van der Waals surface area contributed by atoms with Gasteiger partial charge in [-0.15, -0.1) is 0 Å². The number of carbonyl (C=O) groups is 1. The Hall–Kier alpha value is -0.960. The summed E-state index contributed by atoms with van der Waals surface area (Å²) in [6.07, 6.45) is 1.52. The molecule has 2 atom stereocenters. The van der Waals surface area contributed by atoms with Gasteiger partial charge in [0.05, 0.1) is 11.7 Å². The Morgan fingerprint density at radius 2 is 2.06 bits per heavy atom. The van der Waals surface area contributed by atoms with Gasteiger partial charge in [0, 0.05) is 6.92 Å².